The average Bonchev–Trinajstić information content (AvgIpc) is 3.68. The Bertz CT molecular complexity index is 1280. The van der Waals surface area contributed by atoms with E-state index in [2.05, 4.69) is 25.2 Å². The molecule has 1 aliphatic heterocycles. The van der Waals surface area contributed by atoms with Gasteiger partial charge in [-0.05, 0) is 74.3 Å². The summed E-state index contributed by atoms with van der Waals surface area (Å²) in [5.41, 5.74) is 2.11. The third-order valence-electron chi connectivity index (χ3n) is 7.87. The lowest BCUT2D eigenvalue weighted by molar-refractivity contribution is -0.0749. The number of ether oxygens (including phenoxy) is 1. The van der Waals surface area contributed by atoms with Gasteiger partial charge in [-0.25, -0.2) is 4.79 Å². The largest absolute Gasteiger partial charge is 0.438 e. The number of benzene rings is 1. The molecule has 0 radical (unpaired) electrons. The number of nitrogens with zero attached hydrogens (tertiary/aromatic N) is 2. The summed E-state index contributed by atoms with van der Waals surface area (Å²) < 4.78 is 8.02. The first-order valence-corrected chi connectivity index (χ1v) is 13.5. The summed E-state index contributed by atoms with van der Waals surface area (Å²) in [6, 6.07) is 12.0. The fourth-order valence-electron chi connectivity index (χ4n) is 5.75. The van der Waals surface area contributed by atoms with Gasteiger partial charge in [-0.1, -0.05) is 49.4 Å². The number of cyclic esters (lactones) is 1. The minimum Gasteiger partial charge on any atom is -0.438 e. The van der Waals surface area contributed by atoms with E-state index in [1.165, 1.54) is 0 Å². The average molecular weight is 503 g/mol. The van der Waals surface area contributed by atoms with Crippen LogP contribution in [0.3, 0.4) is 0 Å². The van der Waals surface area contributed by atoms with E-state index in [1.807, 2.05) is 48.0 Å². The number of allylic oxidation sites excluding steroid dienone is 2. The summed E-state index contributed by atoms with van der Waals surface area (Å²) in [5, 5.41) is 10.7. The maximum atomic E-state index is 13.4. The van der Waals surface area contributed by atoms with Crippen LogP contribution in [0.4, 0.5) is 4.79 Å². The van der Waals surface area contributed by atoms with Gasteiger partial charge in [0.15, 0.2) is 0 Å². The molecule has 2 fully saturated rings. The highest BCUT2D eigenvalue weighted by Gasteiger charge is 2.47. The van der Waals surface area contributed by atoms with E-state index in [9.17, 15) is 14.7 Å². The van der Waals surface area contributed by atoms with Crippen LogP contribution in [0.25, 0.3) is 11.1 Å². The van der Waals surface area contributed by atoms with Crippen LogP contribution in [-0.4, -0.2) is 38.4 Å². The molecule has 0 bridgehead atoms. The van der Waals surface area contributed by atoms with Crippen LogP contribution in [0.1, 0.15) is 77.4 Å². The molecule has 2 aromatic rings. The molecule has 37 heavy (non-hydrogen) atoms. The molecule has 1 saturated carbocycles. The number of carbonyl (C=O) groups is 1. The molecular weight excluding hydrogens is 464 g/mol. The molecule has 2 aliphatic carbocycles. The Morgan fingerprint density at radius 2 is 1.86 bits per heavy atom. The Labute approximate surface area is 219 Å². The summed E-state index contributed by atoms with van der Waals surface area (Å²) in [5.74, 6) is 0.369. The molecule has 1 aromatic heterocycles. The highest BCUT2D eigenvalue weighted by molar-refractivity contribution is 5.71. The highest BCUT2D eigenvalue weighted by Crippen LogP contribution is 2.42. The third kappa shape index (κ3) is 5.45. The number of hydrogen-bond acceptors (Lipinski definition) is 4. The lowest BCUT2D eigenvalue weighted by Gasteiger charge is -2.46. The van der Waals surface area contributed by atoms with E-state index in [4.69, 9.17) is 4.74 Å². The Balaban J connectivity index is 1.32. The first-order valence-electron chi connectivity index (χ1n) is 13.5. The molecule has 5 rings (SSSR count). The van der Waals surface area contributed by atoms with Gasteiger partial charge in [0.05, 0.1) is 11.6 Å². The molecule has 2 heterocycles. The predicted molar refractivity (Wildman–Crippen MR) is 145 cm³/mol. The van der Waals surface area contributed by atoms with Crippen molar-refractivity contribution in [2.24, 2.45) is 5.92 Å². The molecule has 1 saturated heterocycles. The minimum atomic E-state index is -0.974. The normalized spacial score (nSPS) is 25.0. The summed E-state index contributed by atoms with van der Waals surface area (Å²) in [4.78, 5) is 27.6. The van der Waals surface area contributed by atoms with Crippen LogP contribution in [0.15, 0.2) is 71.2 Å². The van der Waals surface area contributed by atoms with Crippen LogP contribution in [0, 0.1) is 5.92 Å². The second-order valence-corrected chi connectivity index (χ2v) is 11.7. The van der Waals surface area contributed by atoms with Crippen molar-refractivity contribution in [1.82, 2.24) is 9.47 Å². The van der Waals surface area contributed by atoms with Gasteiger partial charge in [0.25, 0.3) is 5.56 Å². The van der Waals surface area contributed by atoms with Crippen molar-refractivity contribution in [3.05, 3.63) is 82.3 Å². The number of amides is 1. The number of aliphatic hydroxyl groups is 1. The van der Waals surface area contributed by atoms with Crippen LogP contribution in [0.2, 0.25) is 0 Å². The van der Waals surface area contributed by atoms with Crippen molar-refractivity contribution in [3.8, 4) is 11.1 Å². The predicted octanol–water partition coefficient (Wildman–Crippen LogP) is 6.18. The second-order valence-electron chi connectivity index (χ2n) is 11.7. The van der Waals surface area contributed by atoms with Crippen LogP contribution < -0.4 is 5.56 Å². The molecule has 1 unspecified atom stereocenters. The standard InChI is InChI=1S/C31H38N2O4/c1-21-6-5-7-26(18-21)31(20-30(3,4)36)15-17-32(29(35)37-31)22(2)23-8-10-24(11-9-23)25-14-16-33(27-12-13-27)28(34)19-25/h5,7-11,14,16,18-19,21-22,27,36H,6,12-13,15,17,20H2,1-4H3/t21?,22-,31-/m0/s1. The minimum absolute atomic E-state index is 0.0420. The zero-order valence-corrected chi connectivity index (χ0v) is 22.3. The monoisotopic (exact) mass is 502 g/mol. The zero-order valence-electron chi connectivity index (χ0n) is 22.3. The number of pyridine rings is 1. The lowest BCUT2D eigenvalue weighted by Crippen LogP contribution is -2.53. The van der Waals surface area contributed by atoms with Crippen LogP contribution >= 0.6 is 0 Å². The van der Waals surface area contributed by atoms with E-state index in [-0.39, 0.29) is 17.7 Å². The summed E-state index contributed by atoms with van der Waals surface area (Å²) in [7, 11) is 0. The quantitative estimate of drug-likeness (QED) is 0.491. The molecule has 3 aliphatic rings. The molecule has 6 nitrogen and oxygen atoms in total. The topological polar surface area (TPSA) is 71.8 Å². The van der Waals surface area contributed by atoms with E-state index in [0.717, 1.165) is 41.5 Å². The molecule has 6 heteroatoms. The molecule has 3 atom stereocenters. The number of carbonyl (C=O) groups excluding carboxylic acids is 1. The van der Waals surface area contributed by atoms with Crippen LogP contribution in [-0.2, 0) is 4.74 Å². The summed E-state index contributed by atoms with van der Waals surface area (Å²) in [6.45, 7) is 8.24. The second kappa shape index (κ2) is 9.64. The maximum Gasteiger partial charge on any atom is 0.411 e. The highest BCUT2D eigenvalue weighted by atomic mass is 16.6. The molecule has 1 N–H and O–H groups in total. The number of hydrogen-bond donors (Lipinski definition) is 1. The molecular formula is C31H38N2O4. The third-order valence-corrected chi connectivity index (χ3v) is 7.87. The first kappa shape index (κ1) is 25.5. The van der Waals surface area contributed by atoms with Crippen molar-refractivity contribution in [2.75, 3.05) is 6.54 Å². The van der Waals surface area contributed by atoms with Crippen LogP contribution in [0.5, 0.6) is 0 Å². The molecule has 196 valence electrons. The smallest absolute Gasteiger partial charge is 0.411 e. The number of rotatable bonds is 7. The lowest BCUT2D eigenvalue weighted by atomic mass is 9.77. The van der Waals surface area contributed by atoms with Crippen molar-refractivity contribution in [3.63, 3.8) is 0 Å². The first-order chi connectivity index (χ1) is 17.5. The van der Waals surface area contributed by atoms with Gasteiger partial charge in [-0.15, -0.1) is 0 Å². The fraction of sp³-hybridized carbons (Fsp3) is 0.484. The van der Waals surface area contributed by atoms with Crippen molar-refractivity contribution >= 4 is 6.09 Å². The van der Waals surface area contributed by atoms with Gasteiger partial charge in [-0.3, -0.25) is 4.79 Å². The molecule has 0 spiro atoms. The Kier molecular flexibility index (Phi) is 6.65. The van der Waals surface area contributed by atoms with Gasteiger partial charge in [0.1, 0.15) is 5.60 Å². The number of aromatic nitrogens is 1. The van der Waals surface area contributed by atoms with Gasteiger partial charge < -0.3 is 19.3 Å². The summed E-state index contributed by atoms with van der Waals surface area (Å²) in [6.07, 6.45) is 12.0. The SMILES string of the molecule is CC1C=C([C@@]2(CC(C)(C)O)CCN([C@@H](C)c3ccc(-c4ccn(C5CC5)c(=O)c4)cc3)C(=O)O2)C=CC1. The van der Waals surface area contributed by atoms with Crippen molar-refractivity contribution < 1.29 is 14.6 Å². The van der Waals surface area contributed by atoms with E-state index in [0.29, 0.717) is 31.3 Å². The maximum absolute atomic E-state index is 13.4. The van der Waals surface area contributed by atoms with Gasteiger partial charge >= 0.3 is 6.09 Å². The fourth-order valence-corrected chi connectivity index (χ4v) is 5.75. The Morgan fingerprint density at radius 3 is 2.46 bits per heavy atom. The van der Waals surface area contributed by atoms with E-state index < -0.39 is 11.2 Å². The molecule has 1 aromatic carbocycles. The van der Waals surface area contributed by atoms with Crippen molar-refractivity contribution in [2.45, 2.75) is 83.1 Å². The van der Waals surface area contributed by atoms with E-state index >= 15 is 0 Å². The Hall–Kier alpha value is -3.12. The Morgan fingerprint density at radius 1 is 1.14 bits per heavy atom. The summed E-state index contributed by atoms with van der Waals surface area (Å²) >= 11 is 0. The van der Waals surface area contributed by atoms with Gasteiger partial charge in [0, 0.05) is 37.7 Å². The van der Waals surface area contributed by atoms with Gasteiger partial charge in [0.2, 0.25) is 0 Å². The van der Waals surface area contributed by atoms with Crippen molar-refractivity contribution in [1.29, 1.82) is 0 Å². The van der Waals surface area contributed by atoms with E-state index in [1.54, 1.807) is 24.8 Å². The van der Waals surface area contributed by atoms with Gasteiger partial charge in [-0.2, -0.15) is 0 Å². The zero-order chi connectivity index (χ0) is 26.4. The molecule has 1 amide bonds.